The first-order valence-electron chi connectivity index (χ1n) is 11.4. The Morgan fingerprint density at radius 1 is 1.03 bits per heavy atom. The van der Waals surface area contributed by atoms with Crippen molar-refractivity contribution < 1.29 is 23.8 Å². The Morgan fingerprint density at radius 3 is 2.60 bits per heavy atom. The molecule has 0 aromatic heterocycles. The average molecular weight is 473 g/mol. The highest BCUT2D eigenvalue weighted by molar-refractivity contribution is 6.03. The molecule has 3 aromatic carbocycles. The summed E-state index contributed by atoms with van der Waals surface area (Å²) < 4.78 is 16.1. The molecule has 7 heteroatoms. The number of anilines is 2. The van der Waals surface area contributed by atoms with Crippen molar-refractivity contribution in [3.05, 3.63) is 83.9 Å². The molecule has 1 aliphatic rings. The van der Waals surface area contributed by atoms with Crippen molar-refractivity contribution in [3.63, 3.8) is 0 Å². The van der Waals surface area contributed by atoms with Crippen LogP contribution in [-0.2, 0) is 16.0 Å². The van der Waals surface area contributed by atoms with Crippen LogP contribution in [0, 0.1) is 0 Å². The molecule has 35 heavy (non-hydrogen) atoms. The maximum absolute atomic E-state index is 12.6. The molecule has 0 spiro atoms. The predicted molar refractivity (Wildman–Crippen MR) is 136 cm³/mol. The van der Waals surface area contributed by atoms with E-state index in [1.807, 2.05) is 24.3 Å². The van der Waals surface area contributed by atoms with Crippen LogP contribution in [0.4, 0.5) is 11.4 Å². The van der Waals surface area contributed by atoms with E-state index in [1.165, 1.54) is 11.6 Å². The van der Waals surface area contributed by atoms with Crippen molar-refractivity contribution in [3.8, 4) is 17.2 Å². The van der Waals surface area contributed by atoms with Crippen molar-refractivity contribution >= 4 is 29.3 Å². The zero-order valence-corrected chi connectivity index (χ0v) is 19.8. The Kier molecular flexibility index (Phi) is 7.67. The van der Waals surface area contributed by atoms with E-state index in [9.17, 15) is 9.59 Å². The lowest BCUT2D eigenvalue weighted by molar-refractivity contribution is -0.121. The number of methoxy groups -OCH3 is 2. The molecule has 180 valence electrons. The average Bonchev–Trinajstić information content (AvgIpc) is 2.89. The van der Waals surface area contributed by atoms with Gasteiger partial charge in [0.05, 0.1) is 19.9 Å². The molecule has 1 heterocycles. The van der Waals surface area contributed by atoms with E-state index >= 15 is 0 Å². The highest BCUT2D eigenvalue weighted by atomic mass is 16.5. The second-order valence-corrected chi connectivity index (χ2v) is 8.04. The molecule has 0 atom stereocenters. The topological polar surface area (TPSA) is 77.1 Å². The Hall–Kier alpha value is -4.26. The molecule has 0 saturated carbocycles. The third-order valence-corrected chi connectivity index (χ3v) is 5.69. The van der Waals surface area contributed by atoms with Crippen LogP contribution < -0.4 is 24.4 Å². The highest BCUT2D eigenvalue weighted by Gasteiger charge is 2.25. The van der Waals surface area contributed by atoms with Crippen LogP contribution in [0.3, 0.4) is 0 Å². The number of ether oxygens (including phenoxy) is 3. The number of benzene rings is 3. The number of hydrogen-bond donors (Lipinski definition) is 1. The summed E-state index contributed by atoms with van der Waals surface area (Å²) in [5, 5.41) is 2.86. The number of nitrogens with zero attached hydrogens (tertiary/aromatic N) is 1. The number of carbonyl (C=O) groups excluding carboxylic acids is 2. The van der Waals surface area contributed by atoms with Crippen molar-refractivity contribution in [2.75, 3.05) is 37.6 Å². The van der Waals surface area contributed by atoms with Crippen molar-refractivity contribution in [2.45, 2.75) is 12.8 Å². The summed E-state index contributed by atoms with van der Waals surface area (Å²) in [5.41, 5.74) is 3.27. The maximum atomic E-state index is 12.6. The molecule has 0 aliphatic carbocycles. The summed E-state index contributed by atoms with van der Waals surface area (Å²) in [6.07, 6.45) is 4.83. The molecule has 0 fully saturated rings. The van der Waals surface area contributed by atoms with Gasteiger partial charge in [-0.1, -0.05) is 36.4 Å². The zero-order valence-electron chi connectivity index (χ0n) is 19.8. The van der Waals surface area contributed by atoms with Crippen LogP contribution in [-0.4, -0.2) is 39.2 Å². The molecule has 3 aromatic rings. The Bertz CT molecular complexity index is 1220. The zero-order chi connectivity index (χ0) is 24.6. The fourth-order valence-electron chi connectivity index (χ4n) is 3.92. The maximum Gasteiger partial charge on any atom is 0.265 e. The van der Waals surface area contributed by atoms with E-state index in [-0.39, 0.29) is 18.4 Å². The Labute approximate surface area is 204 Å². The van der Waals surface area contributed by atoms with E-state index in [0.29, 0.717) is 35.2 Å². The van der Waals surface area contributed by atoms with Crippen LogP contribution in [0.25, 0.3) is 6.08 Å². The van der Waals surface area contributed by atoms with E-state index in [0.717, 1.165) is 18.4 Å². The summed E-state index contributed by atoms with van der Waals surface area (Å²) >= 11 is 0. The Balaban J connectivity index is 1.42. The molecule has 4 rings (SSSR count). The molecule has 0 saturated heterocycles. The number of aryl methyl sites for hydroxylation is 1. The minimum Gasteiger partial charge on any atom is -0.493 e. The smallest absolute Gasteiger partial charge is 0.265 e. The van der Waals surface area contributed by atoms with E-state index < -0.39 is 0 Å². The number of rotatable bonds is 9. The van der Waals surface area contributed by atoms with Gasteiger partial charge in [0.25, 0.3) is 5.91 Å². The molecule has 0 bridgehead atoms. The van der Waals surface area contributed by atoms with Gasteiger partial charge >= 0.3 is 0 Å². The van der Waals surface area contributed by atoms with Crippen LogP contribution in [0.1, 0.15) is 17.5 Å². The Morgan fingerprint density at radius 2 is 1.83 bits per heavy atom. The van der Waals surface area contributed by atoms with Gasteiger partial charge in [-0.25, -0.2) is 0 Å². The standard InChI is InChI=1S/C28H28N2O5/c1-33-25-13-10-21(17-26(25)34-2)11-15-27(31)29-22-12-14-24-23(18-22)30(28(32)19-35-24)16-6-9-20-7-4-3-5-8-20/h3-5,7-8,10-15,17-18H,6,9,16,19H2,1-2H3,(H,29,31)/b15-11+. The fraction of sp³-hybridized carbons (Fsp3) is 0.214. The van der Waals surface area contributed by atoms with Gasteiger partial charge in [0.1, 0.15) is 5.75 Å². The van der Waals surface area contributed by atoms with Gasteiger partial charge in [-0.2, -0.15) is 0 Å². The summed E-state index contributed by atoms with van der Waals surface area (Å²) in [6, 6.07) is 20.9. The first-order valence-corrected chi connectivity index (χ1v) is 11.4. The van der Waals surface area contributed by atoms with Gasteiger partial charge in [-0.15, -0.1) is 0 Å². The normalized spacial score (nSPS) is 12.7. The van der Waals surface area contributed by atoms with Gasteiger partial charge < -0.3 is 24.4 Å². The molecule has 1 N–H and O–H groups in total. The summed E-state index contributed by atoms with van der Waals surface area (Å²) in [5.74, 6) is 1.44. The van der Waals surface area contributed by atoms with E-state index in [1.54, 1.807) is 55.5 Å². The summed E-state index contributed by atoms with van der Waals surface area (Å²) in [6.45, 7) is 0.582. The molecule has 7 nitrogen and oxygen atoms in total. The van der Waals surface area contributed by atoms with Gasteiger partial charge in [0, 0.05) is 18.3 Å². The van der Waals surface area contributed by atoms with Gasteiger partial charge in [0.15, 0.2) is 18.1 Å². The van der Waals surface area contributed by atoms with Crippen molar-refractivity contribution in [1.82, 2.24) is 0 Å². The minimum atomic E-state index is -0.293. The quantitative estimate of drug-likeness (QED) is 0.456. The number of nitrogens with one attached hydrogen (secondary N) is 1. The number of hydrogen-bond acceptors (Lipinski definition) is 5. The van der Waals surface area contributed by atoms with E-state index in [2.05, 4.69) is 17.4 Å². The first kappa shape index (κ1) is 23.9. The predicted octanol–water partition coefficient (Wildman–Crippen LogP) is 4.71. The lowest BCUT2D eigenvalue weighted by atomic mass is 10.1. The number of carbonyl (C=O) groups is 2. The van der Waals surface area contributed by atoms with Crippen LogP contribution in [0.2, 0.25) is 0 Å². The van der Waals surface area contributed by atoms with Crippen LogP contribution in [0.5, 0.6) is 17.2 Å². The summed E-state index contributed by atoms with van der Waals surface area (Å²) in [4.78, 5) is 26.8. The SMILES string of the molecule is COc1ccc(/C=C/C(=O)Nc2ccc3c(c2)N(CCCc2ccccc2)C(=O)CO3)cc1OC. The van der Waals surface area contributed by atoms with Gasteiger partial charge in [-0.3, -0.25) is 9.59 Å². The third kappa shape index (κ3) is 6.00. The second-order valence-electron chi connectivity index (χ2n) is 8.04. The second kappa shape index (κ2) is 11.2. The van der Waals surface area contributed by atoms with Crippen molar-refractivity contribution in [1.29, 1.82) is 0 Å². The van der Waals surface area contributed by atoms with E-state index in [4.69, 9.17) is 14.2 Å². The molecule has 0 unspecified atom stereocenters. The van der Waals surface area contributed by atoms with Crippen LogP contribution >= 0.6 is 0 Å². The largest absolute Gasteiger partial charge is 0.493 e. The van der Waals surface area contributed by atoms with Gasteiger partial charge in [0.2, 0.25) is 5.91 Å². The number of fused-ring (bicyclic) bond motifs is 1. The molecular weight excluding hydrogens is 444 g/mol. The molecule has 2 amide bonds. The minimum absolute atomic E-state index is 0.0120. The molecular formula is C28H28N2O5. The fourth-order valence-corrected chi connectivity index (χ4v) is 3.92. The summed E-state index contributed by atoms with van der Waals surface area (Å²) in [7, 11) is 3.13. The van der Waals surface area contributed by atoms with Gasteiger partial charge in [-0.05, 0) is 60.4 Å². The molecule has 0 radical (unpaired) electrons. The first-order chi connectivity index (χ1) is 17.1. The number of amides is 2. The lowest BCUT2D eigenvalue weighted by Crippen LogP contribution is -2.39. The lowest BCUT2D eigenvalue weighted by Gasteiger charge is -2.30. The van der Waals surface area contributed by atoms with Crippen molar-refractivity contribution in [2.24, 2.45) is 0 Å². The highest BCUT2D eigenvalue weighted by Crippen LogP contribution is 2.35. The monoisotopic (exact) mass is 472 g/mol. The van der Waals surface area contributed by atoms with Crippen LogP contribution in [0.15, 0.2) is 72.8 Å². The third-order valence-electron chi connectivity index (χ3n) is 5.69. The molecule has 1 aliphatic heterocycles.